The van der Waals surface area contributed by atoms with Crippen LogP contribution in [0.15, 0.2) is 30.3 Å². The molecule has 3 nitrogen and oxygen atoms in total. The molecule has 1 fully saturated rings. The number of rotatable bonds is 7. The molecule has 21 heavy (non-hydrogen) atoms. The van der Waals surface area contributed by atoms with Crippen LogP contribution in [0.3, 0.4) is 0 Å². The molecule has 1 aromatic rings. The highest BCUT2D eigenvalue weighted by Gasteiger charge is 2.26. The Balaban J connectivity index is 2.03. The molecule has 0 spiro atoms. The molecule has 2 rings (SSSR count). The summed E-state index contributed by atoms with van der Waals surface area (Å²) in [5, 5.41) is 19.0. The average Bonchev–Trinajstić information content (AvgIpc) is 2.55. The smallest absolute Gasteiger partial charge is 0.0897 e. The maximum Gasteiger partial charge on any atom is 0.0897 e. The van der Waals surface area contributed by atoms with Crippen molar-refractivity contribution in [3.05, 3.63) is 35.9 Å². The molecule has 3 heteroatoms. The first kappa shape index (κ1) is 16.5. The molecule has 0 unspecified atom stereocenters. The SMILES string of the molecule is C[C@@H](C1CCCCC1)N(Cc1ccccc1)C[C@@H](O)CO. The van der Waals surface area contributed by atoms with Crippen LogP contribution >= 0.6 is 0 Å². The van der Waals surface area contributed by atoms with E-state index in [4.69, 9.17) is 5.11 Å². The van der Waals surface area contributed by atoms with Crippen LogP contribution in [0.2, 0.25) is 0 Å². The van der Waals surface area contributed by atoms with Crippen molar-refractivity contribution in [1.29, 1.82) is 0 Å². The maximum absolute atomic E-state index is 9.86. The lowest BCUT2D eigenvalue weighted by Gasteiger charge is -2.37. The molecular weight excluding hydrogens is 262 g/mol. The van der Waals surface area contributed by atoms with Gasteiger partial charge in [0.05, 0.1) is 12.7 Å². The van der Waals surface area contributed by atoms with E-state index in [9.17, 15) is 5.11 Å². The molecule has 0 aliphatic heterocycles. The summed E-state index contributed by atoms with van der Waals surface area (Å²) >= 11 is 0. The molecule has 1 saturated carbocycles. The van der Waals surface area contributed by atoms with Crippen LogP contribution in [0.4, 0.5) is 0 Å². The number of nitrogens with zero attached hydrogens (tertiary/aromatic N) is 1. The van der Waals surface area contributed by atoms with Crippen molar-refractivity contribution in [2.45, 2.75) is 57.7 Å². The van der Waals surface area contributed by atoms with Gasteiger partial charge in [-0.1, -0.05) is 49.6 Å². The standard InChI is InChI=1S/C18H29NO2/c1-15(17-10-6-3-7-11-17)19(13-18(21)14-20)12-16-8-4-2-5-9-16/h2,4-5,8-9,15,17-18,20-21H,3,6-7,10-14H2,1H3/t15-,18+/m0/s1. The average molecular weight is 291 g/mol. The highest BCUT2D eigenvalue weighted by molar-refractivity contribution is 5.14. The third-order valence-electron chi connectivity index (χ3n) is 4.79. The largest absolute Gasteiger partial charge is 0.394 e. The van der Waals surface area contributed by atoms with Crippen LogP contribution in [0.25, 0.3) is 0 Å². The van der Waals surface area contributed by atoms with Crippen molar-refractivity contribution in [1.82, 2.24) is 4.90 Å². The van der Waals surface area contributed by atoms with Crippen LogP contribution < -0.4 is 0 Å². The van der Waals surface area contributed by atoms with Gasteiger partial charge in [-0.05, 0) is 31.2 Å². The highest BCUT2D eigenvalue weighted by atomic mass is 16.3. The van der Waals surface area contributed by atoms with Crippen molar-refractivity contribution < 1.29 is 10.2 Å². The number of aliphatic hydroxyl groups excluding tert-OH is 2. The van der Waals surface area contributed by atoms with E-state index in [2.05, 4.69) is 36.1 Å². The lowest BCUT2D eigenvalue weighted by atomic mass is 9.83. The fraction of sp³-hybridized carbons (Fsp3) is 0.667. The predicted molar refractivity (Wildman–Crippen MR) is 86.0 cm³/mol. The minimum Gasteiger partial charge on any atom is -0.394 e. The molecule has 0 radical (unpaired) electrons. The first-order chi connectivity index (χ1) is 10.2. The molecule has 0 heterocycles. The molecule has 2 atom stereocenters. The van der Waals surface area contributed by atoms with Gasteiger partial charge in [-0.2, -0.15) is 0 Å². The summed E-state index contributed by atoms with van der Waals surface area (Å²) in [6.45, 7) is 3.50. The Morgan fingerprint density at radius 3 is 2.43 bits per heavy atom. The topological polar surface area (TPSA) is 43.7 Å². The van der Waals surface area contributed by atoms with Crippen molar-refractivity contribution >= 4 is 0 Å². The second-order valence-electron chi connectivity index (χ2n) is 6.39. The zero-order valence-corrected chi connectivity index (χ0v) is 13.1. The summed E-state index contributed by atoms with van der Waals surface area (Å²) in [6.07, 6.45) is 5.96. The second-order valence-corrected chi connectivity index (χ2v) is 6.39. The summed E-state index contributed by atoms with van der Waals surface area (Å²) in [5.41, 5.74) is 1.27. The zero-order chi connectivity index (χ0) is 15.1. The Kier molecular flexibility index (Phi) is 6.68. The predicted octanol–water partition coefficient (Wildman–Crippen LogP) is 2.81. The molecule has 1 aliphatic rings. The fourth-order valence-corrected chi connectivity index (χ4v) is 3.44. The van der Waals surface area contributed by atoms with E-state index in [1.165, 1.54) is 37.7 Å². The third kappa shape index (κ3) is 5.10. The van der Waals surface area contributed by atoms with E-state index >= 15 is 0 Å². The Labute approximate surface area is 128 Å². The first-order valence-corrected chi connectivity index (χ1v) is 8.27. The van der Waals surface area contributed by atoms with Gasteiger partial charge in [-0.15, -0.1) is 0 Å². The van der Waals surface area contributed by atoms with Gasteiger partial charge in [-0.25, -0.2) is 0 Å². The van der Waals surface area contributed by atoms with Crippen molar-refractivity contribution in [3.8, 4) is 0 Å². The van der Waals surface area contributed by atoms with E-state index < -0.39 is 6.10 Å². The Morgan fingerprint density at radius 2 is 1.81 bits per heavy atom. The van der Waals surface area contributed by atoms with E-state index in [-0.39, 0.29) is 6.61 Å². The quantitative estimate of drug-likeness (QED) is 0.812. The molecule has 0 saturated heterocycles. The number of benzene rings is 1. The van der Waals surface area contributed by atoms with Gasteiger partial charge < -0.3 is 10.2 Å². The normalized spacial score (nSPS) is 19.6. The van der Waals surface area contributed by atoms with Crippen molar-refractivity contribution in [2.75, 3.05) is 13.2 Å². The summed E-state index contributed by atoms with van der Waals surface area (Å²) in [5.74, 6) is 0.716. The third-order valence-corrected chi connectivity index (χ3v) is 4.79. The lowest BCUT2D eigenvalue weighted by Crippen LogP contribution is -2.43. The summed E-state index contributed by atoms with van der Waals surface area (Å²) in [6, 6.07) is 10.9. The molecular formula is C18H29NO2. The summed E-state index contributed by atoms with van der Waals surface area (Å²) in [4.78, 5) is 2.34. The van der Waals surface area contributed by atoms with Gasteiger partial charge in [-0.3, -0.25) is 4.90 Å². The van der Waals surface area contributed by atoms with Gasteiger partial charge in [0.25, 0.3) is 0 Å². The number of hydrogen-bond donors (Lipinski definition) is 2. The first-order valence-electron chi connectivity index (χ1n) is 8.27. The zero-order valence-electron chi connectivity index (χ0n) is 13.1. The van der Waals surface area contributed by atoms with Crippen molar-refractivity contribution in [3.63, 3.8) is 0 Å². The summed E-state index contributed by atoms with van der Waals surface area (Å²) < 4.78 is 0. The van der Waals surface area contributed by atoms with Crippen LogP contribution in [0, 0.1) is 5.92 Å². The van der Waals surface area contributed by atoms with Gasteiger partial charge in [0.2, 0.25) is 0 Å². The Hall–Kier alpha value is -0.900. The van der Waals surface area contributed by atoms with Crippen LogP contribution in [-0.2, 0) is 6.54 Å². The van der Waals surface area contributed by atoms with E-state index in [1.54, 1.807) is 0 Å². The van der Waals surface area contributed by atoms with Crippen LogP contribution in [0.1, 0.15) is 44.6 Å². The molecule has 0 amide bonds. The monoisotopic (exact) mass is 291 g/mol. The van der Waals surface area contributed by atoms with Crippen LogP contribution in [-0.4, -0.2) is 40.4 Å². The Morgan fingerprint density at radius 1 is 1.14 bits per heavy atom. The fourth-order valence-electron chi connectivity index (χ4n) is 3.44. The van der Waals surface area contributed by atoms with E-state index in [1.807, 2.05) is 6.07 Å². The minimum atomic E-state index is -0.653. The highest BCUT2D eigenvalue weighted by Crippen LogP contribution is 2.29. The molecule has 0 aromatic heterocycles. The molecule has 1 aromatic carbocycles. The van der Waals surface area contributed by atoms with Crippen molar-refractivity contribution in [2.24, 2.45) is 5.92 Å². The maximum atomic E-state index is 9.86. The molecule has 0 bridgehead atoms. The second kappa shape index (κ2) is 8.52. The summed E-state index contributed by atoms with van der Waals surface area (Å²) in [7, 11) is 0. The number of hydrogen-bond acceptors (Lipinski definition) is 3. The van der Waals surface area contributed by atoms with Gasteiger partial charge in [0, 0.05) is 19.1 Å². The van der Waals surface area contributed by atoms with Gasteiger partial charge in [0.1, 0.15) is 0 Å². The minimum absolute atomic E-state index is 0.164. The van der Waals surface area contributed by atoms with E-state index in [0.29, 0.717) is 18.5 Å². The lowest BCUT2D eigenvalue weighted by molar-refractivity contribution is 0.0276. The Bertz CT molecular complexity index is 389. The van der Waals surface area contributed by atoms with Gasteiger partial charge >= 0.3 is 0 Å². The molecule has 1 aliphatic carbocycles. The van der Waals surface area contributed by atoms with Crippen LogP contribution in [0.5, 0.6) is 0 Å². The number of aliphatic hydroxyl groups is 2. The molecule has 118 valence electrons. The molecule has 2 N–H and O–H groups in total. The van der Waals surface area contributed by atoms with E-state index in [0.717, 1.165) is 6.54 Å². The van der Waals surface area contributed by atoms with Gasteiger partial charge in [0.15, 0.2) is 0 Å².